The number of fused-ring (bicyclic) bond motifs is 7. The van der Waals surface area contributed by atoms with E-state index >= 15 is 4.79 Å². The normalized spacial score (nSPS) is 33.6. The van der Waals surface area contributed by atoms with Crippen LogP contribution in [0, 0.1) is 5.92 Å². The van der Waals surface area contributed by atoms with Crippen LogP contribution in [0.5, 0.6) is 0 Å². The summed E-state index contributed by atoms with van der Waals surface area (Å²) in [6, 6.07) is 60.6. The van der Waals surface area contributed by atoms with E-state index in [1.807, 2.05) is 60.7 Å². The number of carbonyl (C=O) groups excluding carboxylic acids is 1. The fraction of sp³-hybridized carbons (Fsp3) is 0.539. The lowest BCUT2D eigenvalue weighted by Gasteiger charge is -2.62. The Morgan fingerprint density at radius 3 is 1.77 bits per heavy atom. The molecule has 105 heavy (non-hydrogen) atoms. The summed E-state index contributed by atoms with van der Waals surface area (Å²) in [5.41, 5.74) is 2.04. The van der Waals surface area contributed by atoms with Gasteiger partial charge in [-0.05, 0) is 133 Å². The molecule has 16 heteroatoms. The van der Waals surface area contributed by atoms with Gasteiger partial charge in [0.2, 0.25) is 0 Å². The predicted molar refractivity (Wildman–Crippen MR) is 409 cm³/mol. The van der Waals surface area contributed by atoms with Crippen molar-refractivity contribution in [2.75, 3.05) is 13.2 Å². The van der Waals surface area contributed by atoms with Crippen LogP contribution in [0.2, 0.25) is 18.1 Å². The van der Waals surface area contributed by atoms with Gasteiger partial charge in [0.1, 0.15) is 36.1 Å². The van der Waals surface area contributed by atoms with Crippen molar-refractivity contribution in [3.63, 3.8) is 0 Å². The van der Waals surface area contributed by atoms with E-state index in [-0.39, 0.29) is 66.1 Å². The van der Waals surface area contributed by atoms with Gasteiger partial charge in [0, 0.05) is 51.0 Å². The summed E-state index contributed by atoms with van der Waals surface area (Å²) >= 11 is 0. The van der Waals surface area contributed by atoms with Gasteiger partial charge >= 0.3 is 5.97 Å². The smallest absolute Gasteiger partial charge is 0.306 e. The maximum Gasteiger partial charge on any atom is 0.306 e. The first kappa shape index (κ1) is 75.8. The van der Waals surface area contributed by atoms with E-state index in [0.29, 0.717) is 91.2 Å². The molecule has 0 N–H and O–H groups in total. The van der Waals surface area contributed by atoms with Crippen LogP contribution in [0.15, 0.2) is 189 Å². The SMILES string of the molecule is C=C[C@H](C)[C@@H]1O[C@@]2(C)[C@H](C[C@H]1OC(=O)CC[C@H]1O[C@H]3C[C@H]4O[C@@H](CCOCc5ccc6ccccc6c5)[C@H](OCc5ccc6ccccc6c5)CC[C@@H]4O[C@]3(C)C[C@]1(C)O[Si](C)(C)C(C)(C)C)O[C@@H]1C[C@]3(C)O[C@H](COCc4ccccc4)[C@@H](OCc4ccccc4)C[C@H]3O[C@H]1[C@@H]2OCc1ccccc1. The maximum absolute atomic E-state index is 15.1. The first-order chi connectivity index (χ1) is 50.5. The largest absolute Gasteiger partial charge is 0.459 e. The molecule has 7 aromatic carbocycles. The number of ether oxygens (including phenoxy) is 13. The van der Waals surface area contributed by atoms with Crippen LogP contribution in [0.1, 0.15) is 147 Å². The highest BCUT2D eigenvalue weighted by molar-refractivity contribution is 6.74. The monoisotopic (exact) mass is 1450 g/mol. The third-order valence-electron chi connectivity index (χ3n) is 24.4. The summed E-state index contributed by atoms with van der Waals surface area (Å²) < 4.78 is 100. The average molecular weight is 1450 g/mol. The highest BCUT2D eigenvalue weighted by Crippen LogP contribution is 2.54. The zero-order valence-electron chi connectivity index (χ0n) is 63.4. The van der Waals surface area contributed by atoms with E-state index in [1.54, 1.807) is 0 Å². The van der Waals surface area contributed by atoms with Crippen LogP contribution in [0.25, 0.3) is 21.5 Å². The summed E-state index contributed by atoms with van der Waals surface area (Å²) in [4.78, 5) is 15.1. The molecule has 7 fully saturated rings. The summed E-state index contributed by atoms with van der Waals surface area (Å²) in [5, 5.41) is 4.67. The van der Waals surface area contributed by atoms with E-state index in [0.717, 1.165) is 40.7 Å². The van der Waals surface area contributed by atoms with E-state index in [2.05, 4.69) is 196 Å². The molecule has 15 nitrogen and oxygen atoms in total. The first-order valence-electron chi connectivity index (χ1n) is 38.8. The Bertz CT molecular complexity index is 4020. The third-order valence-corrected chi connectivity index (χ3v) is 29.0. The average Bonchev–Trinajstić information content (AvgIpc) is 0.776. The lowest BCUT2D eigenvalue weighted by Crippen LogP contribution is -2.75. The molecular formula is C89H112O15Si. The third kappa shape index (κ3) is 17.2. The van der Waals surface area contributed by atoms with Crippen molar-refractivity contribution in [1.82, 2.24) is 0 Å². The second-order valence-electron chi connectivity index (χ2n) is 33.4. The zero-order chi connectivity index (χ0) is 73.1. The fourth-order valence-electron chi connectivity index (χ4n) is 17.6. The van der Waals surface area contributed by atoms with Gasteiger partial charge in [0.25, 0.3) is 0 Å². The summed E-state index contributed by atoms with van der Waals surface area (Å²) in [6.07, 6.45) is 0.664. The topological polar surface area (TPSA) is 146 Å². The van der Waals surface area contributed by atoms with Crippen molar-refractivity contribution < 1.29 is 70.8 Å². The Balaban J connectivity index is 0.684. The Kier molecular flexibility index (Phi) is 23.3. The molecule has 0 saturated carbocycles. The number of hydrogen-bond donors (Lipinski definition) is 0. The van der Waals surface area contributed by atoms with Crippen LogP contribution < -0.4 is 0 Å². The van der Waals surface area contributed by atoms with Crippen molar-refractivity contribution in [2.45, 2.75) is 285 Å². The van der Waals surface area contributed by atoms with Crippen LogP contribution >= 0.6 is 0 Å². The minimum atomic E-state index is -2.48. The molecule has 0 radical (unpaired) electrons. The van der Waals surface area contributed by atoms with Crippen LogP contribution in [-0.2, 0) is 104 Å². The molecule has 0 aliphatic carbocycles. The van der Waals surface area contributed by atoms with E-state index in [9.17, 15) is 0 Å². The number of hydrogen-bond acceptors (Lipinski definition) is 15. The molecule has 20 atom stereocenters. The highest BCUT2D eigenvalue weighted by Gasteiger charge is 2.66. The van der Waals surface area contributed by atoms with Crippen LogP contribution in [0.3, 0.4) is 0 Å². The van der Waals surface area contributed by atoms with Crippen molar-refractivity contribution in [1.29, 1.82) is 0 Å². The molecular weight excluding hydrogens is 1340 g/mol. The molecule has 7 saturated heterocycles. The molecule has 0 amide bonds. The first-order valence-corrected chi connectivity index (χ1v) is 41.7. The van der Waals surface area contributed by atoms with Gasteiger partial charge in [-0.15, -0.1) is 6.58 Å². The fourth-order valence-corrected chi connectivity index (χ4v) is 19.2. The molecule has 0 spiro atoms. The lowest BCUT2D eigenvalue weighted by molar-refractivity contribution is -0.380. The van der Waals surface area contributed by atoms with Gasteiger partial charge in [-0.25, -0.2) is 0 Å². The molecule has 7 aromatic rings. The van der Waals surface area contributed by atoms with Crippen molar-refractivity contribution in [2.24, 2.45) is 5.92 Å². The van der Waals surface area contributed by atoms with Gasteiger partial charge in [-0.2, -0.15) is 0 Å². The standard InChI is InChI=1S/C89H112O15Si/c1-12-59(2)82-74(50-80-89(9,103-82)84(95-55-62-30-20-15-21-31-62)83-75(97-80)51-86(6)78(100-83)48-72(94-54-61-28-18-14-19-29-61)76(102-86)57-92-52-60-26-16-13-17-27-60)98-81(90)43-42-77-88(8,104-105(10,11)85(3,4)5)58-87(7)79(99-77)49-73-71(101-87)41-40-69(93-56-64-37-39-66-33-23-25-35-68(66)47-64)70(96-73)44-45-91-53-63-36-38-65-32-22-24-34-67(65)46-63/h12-39,46-47,59,69-80,82-84H,1,40-45,48-58H2,2-11H3/t59-,69+,70-,71-,72-,73+,74+,75+,76+,77+,78+,79-,80-,82-,83+,84-,86-,87+,88-,89-/m0/s1. The number of esters is 1. The molecule has 7 aliphatic heterocycles. The molecule has 0 unspecified atom stereocenters. The molecule has 562 valence electrons. The second-order valence-corrected chi connectivity index (χ2v) is 38.1. The molecule has 0 bridgehead atoms. The second kappa shape index (κ2) is 32.3. The summed E-state index contributed by atoms with van der Waals surface area (Å²) in [6.45, 7) is 29.3. The Morgan fingerprint density at radius 2 is 1.12 bits per heavy atom. The van der Waals surface area contributed by atoms with Gasteiger partial charge in [-0.1, -0.05) is 198 Å². The molecule has 0 aromatic heterocycles. The van der Waals surface area contributed by atoms with Crippen LogP contribution in [0.4, 0.5) is 0 Å². The summed E-state index contributed by atoms with van der Waals surface area (Å²) in [7, 11) is -2.48. The molecule has 7 heterocycles. The highest BCUT2D eigenvalue weighted by atomic mass is 28.4. The van der Waals surface area contributed by atoms with Gasteiger partial charge < -0.3 is 66.0 Å². The van der Waals surface area contributed by atoms with Crippen molar-refractivity contribution in [3.05, 3.63) is 216 Å². The minimum absolute atomic E-state index is 0.0741. The summed E-state index contributed by atoms with van der Waals surface area (Å²) in [5.74, 6) is -0.579. The van der Waals surface area contributed by atoms with Gasteiger partial charge in [-0.3, -0.25) is 4.79 Å². The van der Waals surface area contributed by atoms with Crippen molar-refractivity contribution >= 4 is 35.8 Å². The maximum atomic E-state index is 15.1. The van der Waals surface area contributed by atoms with Gasteiger partial charge in [0.15, 0.2) is 8.32 Å². The minimum Gasteiger partial charge on any atom is -0.459 e. The molecule has 14 rings (SSSR count). The predicted octanol–water partition coefficient (Wildman–Crippen LogP) is 17.4. The molecule has 7 aliphatic rings. The lowest BCUT2D eigenvalue weighted by atomic mass is 9.72. The van der Waals surface area contributed by atoms with Crippen LogP contribution in [-0.4, -0.2) is 141 Å². The van der Waals surface area contributed by atoms with Crippen molar-refractivity contribution in [3.8, 4) is 0 Å². The van der Waals surface area contributed by atoms with E-state index < -0.39 is 79.6 Å². The van der Waals surface area contributed by atoms with Gasteiger partial charge in [0.05, 0.1) is 117 Å². The van der Waals surface area contributed by atoms with E-state index in [1.165, 1.54) is 21.5 Å². The van der Waals surface area contributed by atoms with E-state index in [4.69, 9.17) is 66.0 Å². The number of carbonyl (C=O) groups is 1. The number of benzene rings is 7. The quantitative estimate of drug-likeness (QED) is 0.0219. The Hall–Kier alpha value is -6.03. The zero-order valence-corrected chi connectivity index (χ0v) is 64.4. The number of rotatable bonds is 26. The Morgan fingerprint density at radius 1 is 0.552 bits per heavy atom. The Labute approximate surface area is 623 Å².